The van der Waals surface area contributed by atoms with Gasteiger partial charge in [-0.1, -0.05) is 6.07 Å². The van der Waals surface area contributed by atoms with Gasteiger partial charge in [-0.2, -0.15) is 0 Å². The number of rotatable bonds is 4. The van der Waals surface area contributed by atoms with Crippen molar-refractivity contribution in [3.63, 3.8) is 0 Å². The molecule has 2 rings (SSSR count). The Morgan fingerprint density at radius 2 is 2.10 bits per heavy atom. The molecule has 0 saturated heterocycles. The quantitative estimate of drug-likeness (QED) is 0.480. The van der Waals surface area contributed by atoms with Crippen LogP contribution in [0.1, 0.15) is 21.9 Å². The van der Waals surface area contributed by atoms with Crippen LogP contribution in [-0.4, -0.2) is 20.7 Å². The summed E-state index contributed by atoms with van der Waals surface area (Å²) in [5.74, 6) is -0.0451. The average Bonchev–Trinajstić information content (AvgIpc) is 2.73. The molecule has 6 nitrogen and oxygen atoms in total. The lowest BCUT2D eigenvalue weighted by Gasteiger charge is -2.02. The Morgan fingerprint density at radius 3 is 2.70 bits per heavy atom. The van der Waals surface area contributed by atoms with Gasteiger partial charge in [0.05, 0.1) is 6.42 Å². The Kier molecular flexibility index (Phi) is 4.34. The third kappa shape index (κ3) is 3.13. The normalized spacial score (nSPS) is 10.6. The maximum atomic E-state index is 12.1. The van der Waals surface area contributed by atoms with Crippen molar-refractivity contribution in [2.45, 2.75) is 13.3 Å². The van der Waals surface area contributed by atoms with Crippen molar-refractivity contribution in [3.8, 4) is 0 Å². The molecule has 0 unspecified atom stereocenters. The zero-order chi connectivity index (χ0) is 14.9. The van der Waals surface area contributed by atoms with Gasteiger partial charge in [-0.15, -0.1) is 0 Å². The van der Waals surface area contributed by atoms with Gasteiger partial charge in [0.25, 0.3) is 0 Å². The molecule has 0 aliphatic carbocycles. The first-order chi connectivity index (χ1) is 9.38. The van der Waals surface area contributed by atoms with Gasteiger partial charge in [0, 0.05) is 21.4 Å². The Bertz CT molecular complexity index is 697. The minimum absolute atomic E-state index is 0.116. The van der Waals surface area contributed by atoms with Gasteiger partial charge in [0.1, 0.15) is 5.69 Å². The fraction of sp³-hybridized carbons (Fsp3) is 0.167. The number of hydrogen-bond acceptors (Lipinski definition) is 4. The van der Waals surface area contributed by atoms with E-state index in [1.807, 2.05) is 0 Å². The van der Waals surface area contributed by atoms with Crippen LogP contribution in [0.5, 0.6) is 0 Å². The molecule has 0 atom stereocenters. The number of nitrogens with zero attached hydrogens (tertiary/aromatic N) is 2. The lowest BCUT2D eigenvalue weighted by Crippen LogP contribution is -2.06. The number of H-pyrrole nitrogens is 1. The zero-order valence-corrected chi connectivity index (χ0v) is 13.5. The minimum atomic E-state index is -0.569. The predicted molar refractivity (Wildman–Crippen MR) is 79.9 cm³/mol. The zero-order valence-electron chi connectivity index (χ0n) is 10.3. The molecule has 1 aromatic heterocycles. The van der Waals surface area contributed by atoms with Crippen molar-refractivity contribution in [2.75, 3.05) is 0 Å². The van der Waals surface area contributed by atoms with E-state index in [1.54, 1.807) is 25.1 Å². The van der Waals surface area contributed by atoms with E-state index in [-0.39, 0.29) is 23.7 Å². The molecule has 1 N–H and O–H groups in total. The number of nitrogens with one attached hydrogen (secondary N) is 1. The van der Waals surface area contributed by atoms with Crippen LogP contribution < -0.4 is 0 Å². The summed E-state index contributed by atoms with van der Waals surface area (Å²) >= 11 is 6.63. The van der Waals surface area contributed by atoms with E-state index in [1.165, 1.54) is 0 Å². The predicted octanol–water partition coefficient (Wildman–Crippen LogP) is 3.58. The van der Waals surface area contributed by atoms with Crippen LogP contribution in [0.2, 0.25) is 0 Å². The number of carbonyl (C=O) groups is 1. The number of aromatic amines is 1. The van der Waals surface area contributed by atoms with E-state index in [0.717, 1.165) is 8.95 Å². The lowest BCUT2D eigenvalue weighted by molar-refractivity contribution is -0.390. The lowest BCUT2D eigenvalue weighted by atomic mass is 10.1. The molecule has 0 saturated carbocycles. The van der Waals surface area contributed by atoms with Gasteiger partial charge in [0.2, 0.25) is 0 Å². The Hall–Kier alpha value is -1.54. The van der Waals surface area contributed by atoms with Crippen LogP contribution in [0.3, 0.4) is 0 Å². The molecule has 0 aliphatic rings. The summed E-state index contributed by atoms with van der Waals surface area (Å²) in [5, 5.41) is 10.9. The van der Waals surface area contributed by atoms with E-state index in [9.17, 15) is 14.9 Å². The number of ketones is 1. The second-order valence-electron chi connectivity index (χ2n) is 4.10. The van der Waals surface area contributed by atoms with Crippen LogP contribution in [-0.2, 0) is 6.42 Å². The first-order valence-corrected chi connectivity index (χ1v) is 7.15. The number of aromatic nitrogens is 2. The average molecular weight is 403 g/mol. The van der Waals surface area contributed by atoms with Gasteiger partial charge in [-0.25, -0.2) is 9.97 Å². The van der Waals surface area contributed by atoms with Gasteiger partial charge >= 0.3 is 5.82 Å². The van der Waals surface area contributed by atoms with Crippen molar-refractivity contribution < 1.29 is 9.72 Å². The van der Waals surface area contributed by atoms with Crippen LogP contribution in [0.4, 0.5) is 5.82 Å². The summed E-state index contributed by atoms with van der Waals surface area (Å²) in [5.41, 5.74) is 0.617. The summed E-state index contributed by atoms with van der Waals surface area (Å²) in [6, 6.07) is 5.06. The van der Waals surface area contributed by atoms with Crippen molar-refractivity contribution in [3.05, 3.63) is 54.3 Å². The molecule has 0 aliphatic heterocycles. The Labute approximate surface area is 131 Å². The summed E-state index contributed by atoms with van der Waals surface area (Å²) in [7, 11) is 0. The number of nitro groups is 1. The van der Waals surface area contributed by atoms with Crippen LogP contribution in [0, 0.1) is 17.0 Å². The van der Waals surface area contributed by atoms with Crippen LogP contribution >= 0.6 is 31.9 Å². The third-order valence-corrected chi connectivity index (χ3v) is 4.51. The fourth-order valence-corrected chi connectivity index (χ4v) is 2.35. The summed E-state index contributed by atoms with van der Waals surface area (Å²) < 4.78 is 1.58. The fourth-order valence-electron chi connectivity index (χ4n) is 1.72. The monoisotopic (exact) mass is 401 g/mol. The Morgan fingerprint density at radius 1 is 1.40 bits per heavy atom. The highest BCUT2D eigenvalue weighted by Crippen LogP contribution is 2.25. The molecule has 20 heavy (non-hydrogen) atoms. The second kappa shape index (κ2) is 5.84. The molecule has 0 spiro atoms. The molecular weight excluding hydrogens is 394 g/mol. The SMILES string of the molecule is Cc1nc(CC(=O)c2ccc(Br)c(Br)c2)c([N+](=O)[O-])[nH]1. The van der Waals surface area contributed by atoms with E-state index < -0.39 is 4.92 Å². The first kappa shape index (κ1) is 14.9. The van der Waals surface area contributed by atoms with Gasteiger partial charge < -0.3 is 10.1 Å². The number of imidazole rings is 1. The van der Waals surface area contributed by atoms with Gasteiger partial charge in [0.15, 0.2) is 11.6 Å². The second-order valence-corrected chi connectivity index (χ2v) is 5.81. The molecule has 8 heteroatoms. The van der Waals surface area contributed by atoms with E-state index in [0.29, 0.717) is 11.4 Å². The number of aryl methyl sites for hydroxylation is 1. The number of carbonyl (C=O) groups excluding carboxylic acids is 1. The van der Waals surface area contributed by atoms with Gasteiger partial charge in [-0.3, -0.25) is 4.79 Å². The number of hydrogen-bond donors (Lipinski definition) is 1. The molecule has 0 radical (unpaired) electrons. The molecule has 2 aromatic rings. The standard InChI is InChI=1S/C12H9Br2N3O3/c1-6-15-10(12(16-6)17(19)20)5-11(18)7-2-3-8(13)9(14)4-7/h2-4H,5H2,1H3,(H,15,16). The third-order valence-electron chi connectivity index (χ3n) is 2.63. The van der Waals surface area contributed by atoms with E-state index >= 15 is 0 Å². The van der Waals surface area contributed by atoms with Crippen molar-refractivity contribution in [1.29, 1.82) is 0 Å². The largest absolute Gasteiger partial charge is 0.358 e. The highest BCUT2D eigenvalue weighted by atomic mass is 79.9. The molecule has 1 aromatic carbocycles. The topological polar surface area (TPSA) is 88.9 Å². The molecule has 0 bridgehead atoms. The van der Waals surface area contributed by atoms with Crippen molar-refractivity contribution in [1.82, 2.24) is 9.97 Å². The van der Waals surface area contributed by atoms with Crippen LogP contribution in [0.15, 0.2) is 27.1 Å². The van der Waals surface area contributed by atoms with Gasteiger partial charge in [-0.05, 0) is 48.9 Å². The van der Waals surface area contributed by atoms with E-state index in [2.05, 4.69) is 41.8 Å². The van der Waals surface area contributed by atoms with Crippen molar-refractivity contribution >= 4 is 43.5 Å². The summed E-state index contributed by atoms with van der Waals surface area (Å²) in [6.45, 7) is 1.61. The maximum absolute atomic E-state index is 12.1. The smallest absolute Gasteiger partial charge is 0.344 e. The van der Waals surface area contributed by atoms with Crippen molar-refractivity contribution in [2.24, 2.45) is 0 Å². The van der Waals surface area contributed by atoms with Crippen LogP contribution in [0.25, 0.3) is 0 Å². The molecule has 0 amide bonds. The summed E-state index contributed by atoms with van der Waals surface area (Å²) in [4.78, 5) is 29.0. The molecule has 0 fully saturated rings. The maximum Gasteiger partial charge on any atom is 0.344 e. The minimum Gasteiger partial charge on any atom is -0.358 e. The van der Waals surface area contributed by atoms with E-state index in [4.69, 9.17) is 0 Å². The number of Topliss-reactive ketones (excluding diaryl/α,β-unsaturated/α-hetero) is 1. The Balaban J connectivity index is 2.27. The molecule has 104 valence electrons. The summed E-state index contributed by atoms with van der Waals surface area (Å²) in [6.07, 6.45) is -0.116. The number of benzene rings is 1. The molecule has 1 heterocycles. The number of halogens is 2. The highest BCUT2D eigenvalue weighted by Gasteiger charge is 2.21. The first-order valence-electron chi connectivity index (χ1n) is 5.56. The highest BCUT2D eigenvalue weighted by molar-refractivity contribution is 9.13. The molecular formula is C12H9Br2N3O3.